The van der Waals surface area contributed by atoms with Crippen LogP contribution in [0, 0.1) is 5.92 Å². The number of nitrogens with zero attached hydrogens (tertiary/aromatic N) is 2. The van der Waals surface area contributed by atoms with Crippen molar-refractivity contribution in [2.45, 2.75) is 12.8 Å². The number of H-pyrrole nitrogens is 1. The highest BCUT2D eigenvalue weighted by molar-refractivity contribution is 7.90. The molecule has 0 unspecified atom stereocenters. The summed E-state index contributed by atoms with van der Waals surface area (Å²) in [6.07, 6.45) is 2.10. The number of carboxylic acid groups (broad SMARTS) is 1. The van der Waals surface area contributed by atoms with Crippen molar-refractivity contribution in [3.05, 3.63) is 12.3 Å². The van der Waals surface area contributed by atoms with Crippen LogP contribution in [-0.2, 0) is 15.0 Å². The molecule has 0 aromatic carbocycles. The zero-order chi connectivity index (χ0) is 13.2. The zero-order valence-corrected chi connectivity index (χ0v) is 10.4. The topological polar surface area (TPSA) is 115 Å². The fraction of sp³-hybridized carbons (Fsp3) is 0.556. The molecule has 3 N–H and O–H groups in total. The molecule has 18 heavy (non-hydrogen) atoms. The lowest BCUT2D eigenvalue weighted by Gasteiger charge is -2.29. The van der Waals surface area contributed by atoms with Gasteiger partial charge in [0, 0.05) is 19.2 Å². The minimum absolute atomic E-state index is 0.209. The molecule has 0 amide bonds. The number of aliphatic carboxylic acids is 1. The molecule has 0 bridgehead atoms. The van der Waals surface area contributed by atoms with E-state index in [0.29, 0.717) is 12.8 Å². The number of hydrogen-bond acceptors (Lipinski definition) is 4. The minimum atomic E-state index is -3.64. The van der Waals surface area contributed by atoms with Gasteiger partial charge in [-0.05, 0) is 12.8 Å². The summed E-state index contributed by atoms with van der Waals surface area (Å²) in [5.74, 6) is -1.03. The number of nitrogens with one attached hydrogen (secondary N) is 2. The van der Waals surface area contributed by atoms with Gasteiger partial charge in [-0.15, -0.1) is 0 Å². The normalized spacial score (nSPS) is 18.7. The Morgan fingerprint density at radius 1 is 1.50 bits per heavy atom. The molecule has 8 nitrogen and oxygen atoms in total. The molecule has 1 aliphatic heterocycles. The van der Waals surface area contributed by atoms with Crippen molar-refractivity contribution in [3.63, 3.8) is 0 Å². The lowest BCUT2D eigenvalue weighted by Crippen LogP contribution is -2.43. The Morgan fingerprint density at radius 3 is 2.67 bits per heavy atom. The minimum Gasteiger partial charge on any atom is -0.481 e. The quantitative estimate of drug-likeness (QED) is 0.707. The van der Waals surface area contributed by atoms with Gasteiger partial charge in [-0.25, -0.2) is 0 Å². The first kappa shape index (κ1) is 12.8. The third kappa shape index (κ3) is 2.79. The van der Waals surface area contributed by atoms with E-state index in [-0.39, 0.29) is 18.9 Å². The molecular weight excluding hydrogens is 260 g/mol. The van der Waals surface area contributed by atoms with Gasteiger partial charge in [-0.3, -0.25) is 14.6 Å². The number of piperidine rings is 1. The Morgan fingerprint density at radius 2 is 2.17 bits per heavy atom. The van der Waals surface area contributed by atoms with Gasteiger partial charge >= 0.3 is 16.2 Å². The number of anilines is 1. The van der Waals surface area contributed by atoms with Crippen LogP contribution in [-0.4, -0.2) is 47.1 Å². The molecule has 1 aliphatic rings. The van der Waals surface area contributed by atoms with Crippen LogP contribution in [0.1, 0.15) is 12.8 Å². The van der Waals surface area contributed by atoms with Crippen molar-refractivity contribution < 1.29 is 18.3 Å². The number of hydrogen-bond donors (Lipinski definition) is 3. The van der Waals surface area contributed by atoms with Gasteiger partial charge in [0.25, 0.3) is 0 Å². The lowest BCUT2D eigenvalue weighted by molar-refractivity contribution is -0.142. The predicted octanol–water partition coefficient (Wildman–Crippen LogP) is -0.137. The molecule has 1 saturated heterocycles. The van der Waals surface area contributed by atoms with E-state index in [1.165, 1.54) is 16.6 Å². The van der Waals surface area contributed by atoms with E-state index in [2.05, 4.69) is 14.9 Å². The van der Waals surface area contributed by atoms with E-state index in [9.17, 15) is 13.2 Å². The summed E-state index contributed by atoms with van der Waals surface area (Å²) in [5, 5.41) is 15.0. The van der Waals surface area contributed by atoms with E-state index in [1.54, 1.807) is 0 Å². The Balaban J connectivity index is 1.98. The Bertz CT molecular complexity index is 505. The maximum absolute atomic E-state index is 11.9. The summed E-state index contributed by atoms with van der Waals surface area (Å²) in [5.41, 5.74) is 0. The monoisotopic (exact) mass is 274 g/mol. The van der Waals surface area contributed by atoms with Gasteiger partial charge in [0.1, 0.15) is 5.82 Å². The molecular formula is C9H14N4O4S. The summed E-state index contributed by atoms with van der Waals surface area (Å²) < 4.78 is 27.5. The number of rotatable bonds is 4. The fourth-order valence-corrected chi connectivity index (χ4v) is 3.07. The standard InChI is InChI=1S/C9H14N4O4S/c14-9(15)7-2-5-13(6-3-7)18(16,17)12-8-1-4-10-11-8/h1,4,7H,2-3,5-6H2,(H,14,15)(H2,10,11,12). The summed E-state index contributed by atoms with van der Waals surface area (Å²) in [4.78, 5) is 10.8. The van der Waals surface area contributed by atoms with Gasteiger partial charge in [-0.1, -0.05) is 0 Å². The van der Waals surface area contributed by atoms with Gasteiger partial charge in [0.05, 0.1) is 12.1 Å². The van der Waals surface area contributed by atoms with Gasteiger partial charge in [0.2, 0.25) is 0 Å². The second-order valence-corrected chi connectivity index (χ2v) is 5.76. The molecule has 1 aromatic rings. The molecule has 0 aliphatic carbocycles. The van der Waals surface area contributed by atoms with Crippen LogP contribution >= 0.6 is 0 Å². The molecule has 100 valence electrons. The van der Waals surface area contributed by atoms with Crippen LogP contribution in [0.15, 0.2) is 12.3 Å². The Labute approximate surface area is 104 Å². The van der Waals surface area contributed by atoms with Gasteiger partial charge in [0.15, 0.2) is 0 Å². The van der Waals surface area contributed by atoms with Crippen LogP contribution in [0.25, 0.3) is 0 Å². The molecule has 1 fully saturated rings. The molecule has 9 heteroatoms. The average Bonchev–Trinajstić information content (AvgIpc) is 2.81. The maximum atomic E-state index is 11.9. The lowest BCUT2D eigenvalue weighted by atomic mass is 9.99. The van der Waals surface area contributed by atoms with Crippen LogP contribution in [0.5, 0.6) is 0 Å². The highest BCUT2D eigenvalue weighted by Crippen LogP contribution is 2.20. The molecule has 0 radical (unpaired) electrons. The van der Waals surface area contributed by atoms with Crippen LogP contribution in [0.2, 0.25) is 0 Å². The number of aromatic nitrogens is 2. The molecule has 0 saturated carbocycles. The van der Waals surface area contributed by atoms with Crippen LogP contribution in [0.4, 0.5) is 5.82 Å². The molecule has 1 aromatic heterocycles. The van der Waals surface area contributed by atoms with Crippen molar-refractivity contribution in [1.29, 1.82) is 0 Å². The SMILES string of the molecule is O=C(O)C1CCN(S(=O)(=O)Nc2ccn[nH]2)CC1. The molecule has 2 rings (SSSR count). The average molecular weight is 274 g/mol. The van der Waals surface area contributed by atoms with E-state index < -0.39 is 22.1 Å². The van der Waals surface area contributed by atoms with Crippen molar-refractivity contribution in [3.8, 4) is 0 Å². The summed E-state index contributed by atoms with van der Waals surface area (Å²) in [6, 6.07) is 1.50. The number of carbonyl (C=O) groups is 1. The summed E-state index contributed by atoms with van der Waals surface area (Å²) in [7, 11) is -3.64. The first-order valence-electron chi connectivity index (χ1n) is 5.49. The summed E-state index contributed by atoms with van der Waals surface area (Å²) in [6.45, 7) is 0.418. The van der Waals surface area contributed by atoms with Crippen molar-refractivity contribution in [2.75, 3.05) is 17.8 Å². The fourth-order valence-electron chi connectivity index (χ4n) is 1.86. The van der Waals surface area contributed by atoms with E-state index in [1.807, 2.05) is 0 Å². The van der Waals surface area contributed by atoms with E-state index in [0.717, 1.165) is 0 Å². The predicted molar refractivity (Wildman–Crippen MR) is 63.1 cm³/mol. The first-order valence-corrected chi connectivity index (χ1v) is 6.93. The summed E-state index contributed by atoms with van der Waals surface area (Å²) >= 11 is 0. The maximum Gasteiger partial charge on any atom is 0.306 e. The van der Waals surface area contributed by atoms with Gasteiger partial charge in [-0.2, -0.15) is 17.8 Å². The number of aromatic amines is 1. The van der Waals surface area contributed by atoms with Crippen molar-refractivity contribution >= 4 is 22.0 Å². The molecule has 2 heterocycles. The Kier molecular flexibility index (Phi) is 3.53. The van der Waals surface area contributed by atoms with Crippen LogP contribution in [0.3, 0.4) is 0 Å². The van der Waals surface area contributed by atoms with E-state index >= 15 is 0 Å². The van der Waals surface area contributed by atoms with Crippen LogP contribution < -0.4 is 4.72 Å². The number of carboxylic acids is 1. The largest absolute Gasteiger partial charge is 0.481 e. The third-order valence-corrected chi connectivity index (χ3v) is 4.41. The van der Waals surface area contributed by atoms with Crippen molar-refractivity contribution in [2.24, 2.45) is 5.92 Å². The second-order valence-electron chi connectivity index (χ2n) is 4.09. The highest BCUT2D eigenvalue weighted by Gasteiger charge is 2.31. The zero-order valence-electron chi connectivity index (χ0n) is 9.54. The van der Waals surface area contributed by atoms with E-state index in [4.69, 9.17) is 5.11 Å². The third-order valence-electron chi connectivity index (χ3n) is 2.88. The smallest absolute Gasteiger partial charge is 0.306 e. The Hall–Kier alpha value is -1.61. The van der Waals surface area contributed by atoms with Gasteiger partial charge < -0.3 is 5.11 Å². The van der Waals surface area contributed by atoms with Crippen molar-refractivity contribution in [1.82, 2.24) is 14.5 Å². The second kappa shape index (κ2) is 4.94. The molecule has 0 spiro atoms. The highest BCUT2D eigenvalue weighted by atomic mass is 32.2. The molecule has 0 atom stereocenters. The first-order chi connectivity index (χ1) is 8.49.